The van der Waals surface area contributed by atoms with Gasteiger partial charge in [-0.15, -0.1) is 0 Å². The van der Waals surface area contributed by atoms with Gasteiger partial charge in [-0.25, -0.2) is 0 Å². The van der Waals surface area contributed by atoms with E-state index in [2.05, 4.69) is 22.9 Å². The number of rotatable bonds is 3. The monoisotopic (exact) mass is 403 g/mol. The number of fused-ring (bicyclic) bond motifs is 2. The lowest BCUT2D eigenvalue weighted by Gasteiger charge is -2.35. The van der Waals surface area contributed by atoms with E-state index in [1.807, 2.05) is 55.3 Å². The molecule has 5 rings (SSSR count). The topological polar surface area (TPSA) is 54.8 Å². The van der Waals surface area contributed by atoms with Gasteiger partial charge in [-0.1, -0.05) is 36.4 Å². The molecule has 0 N–H and O–H groups in total. The summed E-state index contributed by atoms with van der Waals surface area (Å²) in [5.74, 6) is -0.109. The van der Waals surface area contributed by atoms with Crippen molar-refractivity contribution in [2.24, 2.45) is 7.05 Å². The average molecular weight is 403 g/mol. The zero-order valence-electron chi connectivity index (χ0n) is 17.2. The van der Waals surface area contributed by atoms with Gasteiger partial charge in [0.05, 0.1) is 19.3 Å². The summed E-state index contributed by atoms with van der Waals surface area (Å²) in [5.41, 5.74) is 3.79. The van der Waals surface area contributed by atoms with Gasteiger partial charge in [-0.3, -0.25) is 9.59 Å². The summed E-state index contributed by atoms with van der Waals surface area (Å²) in [4.78, 5) is 30.4. The molecule has 2 aromatic carbocycles. The fourth-order valence-corrected chi connectivity index (χ4v) is 4.81. The Morgan fingerprint density at radius 2 is 1.73 bits per heavy atom. The number of nitrogens with zero attached hydrogens (tertiary/aromatic N) is 3. The average Bonchev–Trinajstić information content (AvgIpc) is 3.28. The Morgan fingerprint density at radius 3 is 2.53 bits per heavy atom. The number of aryl methyl sites for hydroxylation is 1. The van der Waals surface area contributed by atoms with E-state index < -0.39 is 6.04 Å². The Morgan fingerprint density at radius 1 is 1.03 bits per heavy atom. The maximum atomic E-state index is 13.5. The number of hydrogen-bond acceptors (Lipinski definition) is 3. The third-order valence-corrected chi connectivity index (χ3v) is 6.32. The molecule has 0 aliphatic carbocycles. The number of morpholine rings is 1. The molecule has 0 radical (unpaired) electrons. The quantitative estimate of drug-likeness (QED) is 0.676. The van der Waals surface area contributed by atoms with Crippen LogP contribution in [0.15, 0.2) is 54.7 Å². The normalized spacial score (nSPS) is 19.9. The van der Waals surface area contributed by atoms with Gasteiger partial charge in [0.1, 0.15) is 6.04 Å². The molecule has 2 aliphatic heterocycles. The van der Waals surface area contributed by atoms with E-state index in [0.717, 1.165) is 22.0 Å². The van der Waals surface area contributed by atoms with Crippen LogP contribution >= 0.6 is 0 Å². The van der Waals surface area contributed by atoms with Crippen LogP contribution in [0.3, 0.4) is 0 Å². The van der Waals surface area contributed by atoms with E-state index in [-0.39, 0.29) is 17.9 Å². The predicted molar refractivity (Wildman–Crippen MR) is 114 cm³/mol. The van der Waals surface area contributed by atoms with Crippen molar-refractivity contribution >= 4 is 22.7 Å². The van der Waals surface area contributed by atoms with Gasteiger partial charge < -0.3 is 19.1 Å². The van der Waals surface area contributed by atoms with Gasteiger partial charge in [0, 0.05) is 48.4 Å². The first kappa shape index (κ1) is 18.9. The van der Waals surface area contributed by atoms with Gasteiger partial charge >= 0.3 is 0 Å². The fourth-order valence-electron chi connectivity index (χ4n) is 4.81. The first-order chi connectivity index (χ1) is 14.6. The van der Waals surface area contributed by atoms with Gasteiger partial charge in [0.25, 0.3) is 5.91 Å². The van der Waals surface area contributed by atoms with Crippen LogP contribution in [0.1, 0.15) is 34.5 Å². The maximum absolute atomic E-state index is 13.5. The zero-order valence-corrected chi connectivity index (χ0v) is 17.2. The minimum Gasteiger partial charge on any atom is -0.378 e. The molecule has 1 aromatic heterocycles. The summed E-state index contributed by atoms with van der Waals surface area (Å²) in [6.07, 6.45) is 2.09. The lowest BCUT2D eigenvalue weighted by molar-refractivity contribution is -0.140. The number of carbonyl (C=O) groups is 2. The van der Waals surface area contributed by atoms with Gasteiger partial charge in [-0.05, 0) is 24.6 Å². The highest BCUT2D eigenvalue weighted by atomic mass is 16.5. The highest BCUT2D eigenvalue weighted by Gasteiger charge is 2.44. The van der Waals surface area contributed by atoms with Crippen molar-refractivity contribution in [3.05, 3.63) is 71.4 Å². The Hall–Kier alpha value is -3.12. The highest BCUT2D eigenvalue weighted by Crippen LogP contribution is 2.42. The van der Waals surface area contributed by atoms with E-state index in [0.29, 0.717) is 31.9 Å². The first-order valence-electron chi connectivity index (χ1n) is 10.4. The standard InChI is InChI=1S/C24H25N3O3/c1-16(23(28)26-11-13-30-14-12-26)27-22(18-8-3-4-9-19(18)24(27)29)20-15-25(2)21-10-6-5-7-17(20)21/h3-10,15-16,22H,11-14H2,1-2H3/t16-,22+/m1/s1. The van der Waals surface area contributed by atoms with Crippen molar-refractivity contribution in [1.29, 1.82) is 0 Å². The summed E-state index contributed by atoms with van der Waals surface area (Å²) >= 11 is 0. The van der Waals surface area contributed by atoms with Crippen molar-refractivity contribution in [3.8, 4) is 0 Å². The molecule has 3 aromatic rings. The second-order valence-electron chi connectivity index (χ2n) is 8.03. The van der Waals surface area contributed by atoms with Crippen LogP contribution in [0.5, 0.6) is 0 Å². The van der Waals surface area contributed by atoms with E-state index in [9.17, 15) is 9.59 Å². The molecule has 6 nitrogen and oxygen atoms in total. The molecule has 0 saturated carbocycles. The smallest absolute Gasteiger partial charge is 0.255 e. The molecule has 0 unspecified atom stereocenters. The van der Waals surface area contributed by atoms with Crippen LogP contribution in [0.25, 0.3) is 10.9 Å². The molecule has 2 amide bonds. The maximum Gasteiger partial charge on any atom is 0.255 e. The molecule has 2 atom stereocenters. The number of hydrogen-bond donors (Lipinski definition) is 0. The van der Waals surface area contributed by atoms with Gasteiger partial charge in [0.2, 0.25) is 5.91 Å². The molecular formula is C24H25N3O3. The summed E-state index contributed by atoms with van der Waals surface area (Å²) < 4.78 is 7.48. The molecular weight excluding hydrogens is 378 g/mol. The van der Waals surface area contributed by atoms with Crippen LogP contribution in [0.2, 0.25) is 0 Å². The van der Waals surface area contributed by atoms with Crippen molar-refractivity contribution in [3.63, 3.8) is 0 Å². The van der Waals surface area contributed by atoms with Crippen molar-refractivity contribution < 1.29 is 14.3 Å². The van der Waals surface area contributed by atoms with Crippen LogP contribution < -0.4 is 0 Å². The highest BCUT2D eigenvalue weighted by molar-refractivity contribution is 6.03. The van der Waals surface area contributed by atoms with E-state index >= 15 is 0 Å². The second-order valence-corrected chi connectivity index (χ2v) is 8.03. The van der Waals surface area contributed by atoms with Crippen LogP contribution in [0.4, 0.5) is 0 Å². The number of ether oxygens (including phenoxy) is 1. The number of carbonyl (C=O) groups excluding carboxylic acids is 2. The Kier molecular flexibility index (Phi) is 4.59. The molecule has 0 spiro atoms. The largest absolute Gasteiger partial charge is 0.378 e. The molecule has 6 heteroatoms. The summed E-state index contributed by atoms with van der Waals surface area (Å²) in [7, 11) is 2.02. The fraction of sp³-hybridized carbons (Fsp3) is 0.333. The third kappa shape index (κ3) is 2.82. The Bertz CT molecular complexity index is 1130. The lowest BCUT2D eigenvalue weighted by Crippen LogP contribution is -2.51. The summed E-state index contributed by atoms with van der Waals surface area (Å²) in [6, 6.07) is 15.1. The van der Waals surface area contributed by atoms with Gasteiger partial charge in [-0.2, -0.15) is 0 Å². The number of benzene rings is 2. The van der Waals surface area contributed by atoms with Crippen LogP contribution in [-0.4, -0.2) is 58.5 Å². The summed E-state index contributed by atoms with van der Waals surface area (Å²) in [6.45, 7) is 4.06. The zero-order chi connectivity index (χ0) is 20.8. The van der Waals surface area contributed by atoms with Crippen LogP contribution in [-0.2, 0) is 16.6 Å². The van der Waals surface area contributed by atoms with E-state index in [4.69, 9.17) is 4.74 Å². The Labute approximate surface area is 175 Å². The molecule has 1 fully saturated rings. The lowest BCUT2D eigenvalue weighted by atomic mass is 9.97. The van der Waals surface area contributed by atoms with Crippen molar-refractivity contribution in [2.45, 2.75) is 19.0 Å². The number of aromatic nitrogens is 1. The van der Waals surface area contributed by atoms with Crippen LogP contribution in [0, 0.1) is 0 Å². The number of para-hydroxylation sites is 1. The molecule has 2 aliphatic rings. The summed E-state index contributed by atoms with van der Waals surface area (Å²) in [5, 5.41) is 1.10. The predicted octanol–water partition coefficient (Wildman–Crippen LogP) is 2.97. The second kappa shape index (κ2) is 7.29. The van der Waals surface area contributed by atoms with Crippen molar-refractivity contribution in [2.75, 3.05) is 26.3 Å². The number of amides is 2. The Balaban J connectivity index is 1.62. The molecule has 1 saturated heterocycles. The SMILES string of the molecule is C[C@H](C(=O)N1CCOCC1)N1C(=O)c2ccccc2[C@H]1c1cn(C)c2ccccc12. The van der Waals surface area contributed by atoms with E-state index in [1.165, 1.54) is 0 Å². The first-order valence-corrected chi connectivity index (χ1v) is 10.4. The van der Waals surface area contributed by atoms with E-state index in [1.54, 1.807) is 4.90 Å². The molecule has 0 bridgehead atoms. The third-order valence-electron chi connectivity index (χ3n) is 6.32. The molecule has 3 heterocycles. The minimum absolute atomic E-state index is 0.0234. The van der Waals surface area contributed by atoms with Crippen molar-refractivity contribution in [1.82, 2.24) is 14.4 Å². The molecule has 154 valence electrons. The minimum atomic E-state index is -0.563. The molecule has 30 heavy (non-hydrogen) atoms. The van der Waals surface area contributed by atoms with Gasteiger partial charge in [0.15, 0.2) is 0 Å².